The third-order valence-electron chi connectivity index (χ3n) is 2.65. The van der Waals surface area contributed by atoms with Gasteiger partial charge in [-0.15, -0.1) is 0 Å². The van der Waals surface area contributed by atoms with Crippen LogP contribution in [0.5, 0.6) is 0 Å². The number of aryl methyl sites for hydroxylation is 2. The number of hydrogen-bond acceptors (Lipinski definition) is 4. The second-order valence-corrected chi connectivity index (χ2v) is 4.53. The minimum atomic E-state index is -1.05. The molecule has 100 valence electrons. The third-order valence-corrected chi connectivity index (χ3v) is 2.94. The Bertz CT molecular complexity index is 624. The highest BCUT2D eigenvalue weighted by Gasteiger charge is 2.09. The van der Waals surface area contributed by atoms with E-state index in [1.54, 1.807) is 4.68 Å². The van der Waals surface area contributed by atoms with E-state index >= 15 is 0 Å². The molecule has 0 bridgehead atoms. The third kappa shape index (κ3) is 3.03. The molecule has 0 spiro atoms. The molecule has 0 aliphatic heterocycles. The lowest BCUT2D eigenvalue weighted by Gasteiger charge is -2.07. The van der Waals surface area contributed by atoms with Gasteiger partial charge in [-0.1, -0.05) is 11.6 Å². The van der Waals surface area contributed by atoms with Gasteiger partial charge in [-0.2, -0.15) is 5.10 Å². The van der Waals surface area contributed by atoms with Gasteiger partial charge in [-0.25, -0.2) is 9.78 Å². The van der Waals surface area contributed by atoms with Crippen LogP contribution < -0.4 is 5.32 Å². The predicted octanol–water partition coefficient (Wildman–Crippen LogP) is 2.09. The maximum atomic E-state index is 10.8. The fourth-order valence-corrected chi connectivity index (χ4v) is 1.92. The maximum Gasteiger partial charge on any atom is 0.337 e. The van der Waals surface area contributed by atoms with E-state index < -0.39 is 5.97 Å². The summed E-state index contributed by atoms with van der Waals surface area (Å²) in [5, 5.41) is 16.4. The minimum absolute atomic E-state index is 0.0631. The summed E-state index contributed by atoms with van der Waals surface area (Å²) >= 11 is 5.98. The first-order chi connectivity index (χ1) is 8.97. The van der Waals surface area contributed by atoms with Crippen molar-refractivity contribution in [1.82, 2.24) is 14.8 Å². The van der Waals surface area contributed by atoms with Gasteiger partial charge < -0.3 is 10.4 Å². The van der Waals surface area contributed by atoms with Gasteiger partial charge in [-0.3, -0.25) is 4.68 Å². The molecule has 6 nitrogen and oxygen atoms in total. The summed E-state index contributed by atoms with van der Waals surface area (Å²) in [6, 6.07) is 1.37. The molecule has 0 atom stereocenters. The molecular weight excluding hydrogens is 268 g/mol. The van der Waals surface area contributed by atoms with E-state index in [1.165, 1.54) is 12.3 Å². The lowest BCUT2D eigenvalue weighted by molar-refractivity contribution is 0.0696. The lowest BCUT2D eigenvalue weighted by atomic mass is 10.2. The minimum Gasteiger partial charge on any atom is -0.478 e. The highest BCUT2D eigenvalue weighted by molar-refractivity contribution is 6.33. The van der Waals surface area contributed by atoms with E-state index in [1.807, 2.05) is 20.2 Å². The molecule has 0 fully saturated rings. The second kappa shape index (κ2) is 5.27. The fourth-order valence-electron chi connectivity index (χ4n) is 1.69. The van der Waals surface area contributed by atoms with Gasteiger partial charge in [-0.05, 0) is 13.0 Å². The Hall–Kier alpha value is -2.08. The van der Waals surface area contributed by atoms with E-state index in [0.29, 0.717) is 12.4 Å². The average Bonchev–Trinajstić information content (AvgIpc) is 2.66. The number of aromatic nitrogens is 3. The number of carboxylic acid groups (broad SMARTS) is 1. The van der Waals surface area contributed by atoms with Gasteiger partial charge in [0, 0.05) is 31.5 Å². The number of carboxylic acids is 1. The Balaban J connectivity index is 2.12. The number of anilines is 1. The molecule has 0 aliphatic carbocycles. The van der Waals surface area contributed by atoms with Gasteiger partial charge in [0.15, 0.2) is 0 Å². The molecule has 0 saturated carbocycles. The van der Waals surface area contributed by atoms with Crippen molar-refractivity contribution in [1.29, 1.82) is 0 Å². The average molecular weight is 281 g/mol. The van der Waals surface area contributed by atoms with E-state index in [2.05, 4.69) is 15.4 Å². The Morgan fingerprint density at radius 3 is 2.84 bits per heavy atom. The molecule has 2 N–H and O–H groups in total. The maximum absolute atomic E-state index is 10.8. The predicted molar refractivity (Wildman–Crippen MR) is 71.5 cm³/mol. The number of rotatable bonds is 4. The summed E-state index contributed by atoms with van der Waals surface area (Å²) in [6.45, 7) is 2.44. The Kier molecular flexibility index (Phi) is 3.71. The van der Waals surface area contributed by atoms with Crippen molar-refractivity contribution in [2.45, 2.75) is 13.5 Å². The Morgan fingerprint density at radius 1 is 1.58 bits per heavy atom. The van der Waals surface area contributed by atoms with Crippen LogP contribution in [0, 0.1) is 6.92 Å². The van der Waals surface area contributed by atoms with Gasteiger partial charge in [0.1, 0.15) is 5.82 Å². The van der Waals surface area contributed by atoms with Crippen LogP contribution in [0.3, 0.4) is 0 Å². The molecule has 2 aromatic rings. The molecule has 0 saturated heterocycles. The van der Waals surface area contributed by atoms with E-state index in [0.717, 1.165) is 11.3 Å². The summed E-state index contributed by atoms with van der Waals surface area (Å²) in [4.78, 5) is 14.8. The highest BCUT2D eigenvalue weighted by Crippen LogP contribution is 2.21. The van der Waals surface area contributed by atoms with Crippen molar-refractivity contribution in [3.8, 4) is 0 Å². The number of carbonyl (C=O) groups is 1. The van der Waals surface area contributed by atoms with Crippen molar-refractivity contribution in [2.75, 3.05) is 5.32 Å². The molecule has 0 unspecified atom stereocenters. The zero-order chi connectivity index (χ0) is 14.0. The number of aromatic carboxylic acids is 1. The summed E-state index contributed by atoms with van der Waals surface area (Å²) < 4.78 is 1.73. The Morgan fingerprint density at radius 2 is 2.32 bits per heavy atom. The van der Waals surface area contributed by atoms with Gasteiger partial charge in [0.05, 0.1) is 16.3 Å². The van der Waals surface area contributed by atoms with Gasteiger partial charge in [0.25, 0.3) is 0 Å². The van der Waals surface area contributed by atoms with Crippen LogP contribution in [-0.2, 0) is 13.6 Å². The lowest BCUT2D eigenvalue weighted by Crippen LogP contribution is -2.04. The molecule has 7 heteroatoms. The van der Waals surface area contributed by atoms with E-state index in [4.69, 9.17) is 16.7 Å². The molecular formula is C12H13ClN4O2. The summed E-state index contributed by atoms with van der Waals surface area (Å²) in [5.74, 6) is -0.598. The van der Waals surface area contributed by atoms with Crippen LogP contribution >= 0.6 is 11.6 Å². The quantitative estimate of drug-likeness (QED) is 0.896. The van der Waals surface area contributed by atoms with Crippen LogP contribution in [0.15, 0.2) is 18.5 Å². The summed E-state index contributed by atoms with van der Waals surface area (Å²) in [7, 11) is 1.85. The highest BCUT2D eigenvalue weighted by atomic mass is 35.5. The zero-order valence-electron chi connectivity index (χ0n) is 10.5. The molecule has 0 aliphatic rings. The fraction of sp³-hybridized carbons (Fsp3) is 0.250. The first-order valence-corrected chi connectivity index (χ1v) is 5.97. The number of halogens is 1. The smallest absolute Gasteiger partial charge is 0.337 e. The van der Waals surface area contributed by atoms with Crippen molar-refractivity contribution in [3.63, 3.8) is 0 Å². The largest absolute Gasteiger partial charge is 0.478 e. The molecule has 0 aromatic carbocycles. The van der Waals surface area contributed by atoms with Crippen molar-refractivity contribution < 1.29 is 9.90 Å². The van der Waals surface area contributed by atoms with Crippen LogP contribution in [-0.4, -0.2) is 25.8 Å². The van der Waals surface area contributed by atoms with Crippen LogP contribution in [0.4, 0.5) is 5.82 Å². The van der Waals surface area contributed by atoms with Crippen LogP contribution in [0.25, 0.3) is 0 Å². The summed E-state index contributed by atoms with van der Waals surface area (Å²) in [6.07, 6.45) is 3.18. The molecule has 2 aromatic heterocycles. The normalized spacial score (nSPS) is 10.5. The zero-order valence-corrected chi connectivity index (χ0v) is 11.3. The second-order valence-electron chi connectivity index (χ2n) is 4.13. The summed E-state index contributed by atoms with van der Waals surface area (Å²) in [5.41, 5.74) is 2.02. The van der Waals surface area contributed by atoms with E-state index in [-0.39, 0.29) is 10.6 Å². The first-order valence-electron chi connectivity index (χ1n) is 5.59. The number of pyridine rings is 1. The number of nitrogens with zero attached hydrogens (tertiary/aromatic N) is 3. The van der Waals surface area contributed by atoms with Crippen LogP contribution in [0.2, 0.25) is 5.02 Å². The topological polar surface area (TPSA) is 80.0 Å². The van der Waals surface area contributed by atoms with Gasteiger partial charge >= 0.3 is 5.97 Å². The molecule has 0 radical (unpaired) electrons. The molecule has 19 heavy (non-hydrogen) atoms. The number of nitrogens with one attached hydrogen (secondary N) is 1. The Labute approximate surface area is 115 Å². The van der Waals surface area contributed by atoms with Crippen molar-refractivity contribution in [2.24, 2.45) is 7.05 Å². The number of hydrogen-bond donors (Lipinski definition) is 2. The van der Waals surface area contributed by atoms with Crippen LogP contribution in [0.1, 0.15) is 21.6 Å². The SMILES string of the molecule is Cc1nn(C)cc1CNc1ncc(C(=O)O)cc1Cl. The monoisotopic (exact) mass is 280 g/mol. The van der Waals surface area contributed by atoms with Gasteiger partial charge in [0.2, 0.25) is 0 Å². The first kappa shape index (κ1) is 13.4. The standard InChI is InChI=1S/C12H13ClN4O2/c1-7-9(6-17(2)16-7)5-15-11-10(13)3-8(4-14-11)12(18)19/h3-4,6H,5H2,1-2H3,(H,14,15)(H,18,19). The van der Waals surface area contributed by atoms with E-state index in [9.17, 15) is 4.79 Å². The van der Waals surface area contributed by atoms with Crippen molar-refractivity contribution >= 4 is 23.4 Å². The molecule has 2 rings (SSSR count). The molecule has 0 amide bonds. The van der Waals surface area contributed by atoms with Crippen molar-refractivity contribution in [3.05, 3.63) is 40.3 Å². The molecule has 2 heterocycles.